The Labute approximate surface area is 55.9 Å². The van der Waals surface area contributed by atoms with E-state index in [4.69, 9.17) is 4.74 Å². The highest BCUT2D eigenvalue weighted by Crippen LogP contribution is 2.05. The minimum absolute atomic E-state index is 0. The van der Waals surface area contributed by atoms with Crippen LogP contribution in [0, 0.1) is 0 Å². The lowest BCUT2D eigenvalue weighted by atomic mass is 10.2. The van der Waals surface area contributed by atoms with Gasteiger partial charge in [0.15, 0.2) is 0 Å². The van der Waals surface area contributed by atoms with E-state index in [0.29, 0.717) is 13.0 Å². The lowest BCUT2D eigenvalue weighted by molar-refractivity contribution is -0.119. The number of rotatable bonds is 2. The van der Waals surface area contributed by atoms with Crippen LogP contribution in [0.5, 0.6) is 0 Å². The topological polar surface area (TPSA) is 38.3 Å². The highest BCUT2D eigenvalue weighted by molar-refractivity contribution is 5.78. The summed E-state index contributed by atoms with van der Waals surface area (Å²) in [5, 5.41) is 2.79. The van der Waals surface area contributed by atoms with Gasteiger partial charge >= 0.3 is 0 Å². The largest absolute Gasteiger partial charge is 0.383 e. The third-order valence-electron chi connectivity index (χ3n) is 1.45. The van der Waals surface area contributed by atoms with Crippen LogP contribution in [0.25, 0.3) is 0 Å². The maximum atomic E-state index is 10.6. The van der Waals surface area contributed by atoms with Crippen LogP contribution in [0.2, 0.25) is 0 Å². The second-order valence-electron chi connectivity index (χ2n) is 2.26. The summed E-state index contributed by atoms with van der Waals surface area (Å²) in [6.45, 7) is 0.645. The number of methoxy groups -OCH3 is 1. The Balaban J connectivity index is 0.000000810. The van der Waals surface area contributed by atoms with Crippen molar-refractivity contribution in [2.45, 2.75) is 18.9 Å². The van der Waals surface area contributed by atoms with Gasteiger partial charge in [0.1, 0.15) is 0 Å². The molecule has 1 fully saturated rings. The molecule has 1 rings (SSSR count). The van der Waals surface area contributed by atoms with Gasteiger partial charge in [0.25, 0.3) is 0 Å². The number of nitrogens with one attached hydrogen (secondary N) is 1. The molecule has 54 valence electrons. The van der Waals surface area contributed by atoms with Crippen molar-refractivity contribution in [2.75, 3.05) is 13.7 Å². The Morgan fingerprint density at radius 3 is 3.22 bits per heavy atom. The second kappa shape index (κ2) is 2.82. The van der Waals surface area contributed by atoms with E-state index in [1.165, 1.54) is 0 Å². The van der Waals surface area contributed by atoms with Crippen LogP contribution in [0.4, 0.5) is 0 Å². The molecule has 1 aliphatic heterocycles. The third kappa shape index (κ3) is 1.68. The zero-order chi connectivity index (χ0) is 6.69. The van der Waals surface area contributed by atoms with Crippen LogP contribution >= 0.6 is 0 Å². The third-order valence-corrected chi connectivity index (χ3v) is 1.45. The average Bonchev–Trinajstić information content (AvgIpc) is 2.17. The van der Waals surface area contributed by atoms with Gasteiger partial charge in [-0.25, -0.2) is 0 Å². The highest BCUT2D eigenvalue weighted by Gasteiger charge is 2.19. The summed E-state index contributed by atoms with van der Waals surface area (Å²) in [7, 11) is 1.64. The fourth-order valence-electron chi connectivity index (χ4n) is 1.00. The van der Waals surface area contributed by atoms with Crippen molar-refractivity contribution in [2.24, 2.45) is 0 Å². The fourth-order valence-corrected chi connectivity index (χ4v) is 1.00. The van der Waals surface area contributed by atoms with Crippen molar-refractivity contribution in [1.29, 1.82) is 0 Å². The Morgan fingerprint density at radius 2 is 2.78 bits per heavy atom. The predicted octanol–water partition coefficient (Wildman–Crippen LogP) is 0.157. The number of carbonyl (C=O) groups is 1. The summed E-state index contributed by atoms with van der Waals surface area (Å²) in [5.41, 5.74) is 0. The molecule has 0 aromatic rings. The van der Waals surface area contributed by atoms with Crippen LogP contribution in [-0.2, 0) is 9.53 Å². The maximum Gasteiger partial charge on any atom is 0.220 e. The molecule has 1 N–H and O–H groups in total. The Kier molecular flexibility index (Phi) is 2.05. The van der Waals surface area contributed by atoms with E-state index in [1.807, 2.05) is 0 Å². The van der Waals surface area contributed by atoms with E-state index in [-0.39, 0.29) is 13.4 Å². The molecule has 0 aliphatic carbocycles. The molecule has 0 bridgehead atoms. The summed E-state index contributed by atoms with van der Waals surface area (Å²) in [6.07, 6.45) is 1.58. The number of ether oxygens (including phenoxy) is 1. The van der Waals surface area contributed by atoms with E-state index in [2.05, 4.69) is 5.32 Å². The lowest BCUT2D eigenvalue weighted by Gasteiger charge is -2.05. The fraction of sp³-hybridized carbons (Fsp3) is 0.833. The number of hydrogen-bond acceptors (Lipinski definition) is 2. The smallest absolute Gasteiger partial charge is 0.220 e. The van der Waals surface area contributed by atoms with Gasteiger partial charge in [0, 0.05) is 15.0 Å². The molecule has 0 spiro atoms. The number of hydrogen-bond donors (Lipinski definition) is 1. The van der Waals surface area contributed by atoms with E-state index < -0.39 is 0 Å². The first kappa shape index (κ1) is 6.55. The molecule has 9 heavy (non-hydrogen) atoms. The van der Waals surface area contributed by atoms with Crippen LogP contribution in [0.3, 0.4) is 0 Å². The van der Waals surface area contributed by atoms with Crippen LogP contribution < -0.4 is 5.32 Å². The molecule has 3 nitrogen and oxygen atoms in total. The summed E-state index contributed by atoms with van der Waals surface area (Å²) < 4.78 is 4.86. The molecule has 0 saturated carbocycles. The first-order chi connectivity index (χ1) is 4.33. The van der Waals surface area contributed by atoms with Crippen LogP contribution in [-0.4, -0.2) is 25.7 Å². The van der Waals surface area contributed by atoms with Gasteiger partial charge in [0.05, 0.1) is 12.6 Å². The number of amides is 1. The first-order valence-electron chi connectivity index (χ1n) is 3.11. The van der Waals surface area contributed by atoms with E-state index in [9.17, 15) is 4.79 Å². The lowest BCUT2D eigenvalue weighted by Crippen LogP contribution is -2.29. The Morgan fingerprint density at radius 1 is 2.00 bits per heavy atom. The molecule has 1 amide bonds. The van der Waals surface area contributed by atoms with E-state index in [1.54, 1.807) is 7.11 Å². The van der Waals surface area contributed by atoms with Crippen molar-refractivity contribution in [3.05, 3.63) is 0 Å². The summed E-state index contributed by atoms with van der Waals surface area (Å²) in [5.74, 6) is 0.150. The first-order valence-corrected chi connectivity index (χ1v) is 3.11. The van der Waals surface area contributed by atoms with Gasteiger partial charge in [-0.1, -0.05) is 0 Å². The van der Waals surface area contributed by atoms with E-state index in [0.717, 1.165) is 6.42 Å². The molecule has 0 aromatic carbocycles. The molecule has 1 unspecified atom stereocenters. The molecule has 1 aliphatic rings. The van der Waals surface area contributed by atoms with E-state index >= 15 is 0 Å². The summed E-state index contributed by atoms with van der Waals surface area (Å²) >= 11 is 0. The normalized spacial score (nSPS) is 26.3. The molecule has 1 saturated heterocycles. The molecular weight excluding hydrogens is 118 g/mol. The number of carbonyl (C=O) groups excluding carboxylic acids is 1. The van der Waals surface area contributed by atoms with Crippen LogP contribution in [0.15, 0.2) is 0 Å². The van der Waals surface area contributed by atoms with Gasteiger partial charge in [-0.15, -0.1) is 0 Å². The minimum atomic E-state index is 0. The van der Waals surface area contributed by atoms with Gasteiger partial charge < -0.3 is 10.1 Å². The van der Waals surface area contributed by atoms with Crippen molar-refractivity contribution in [3.63, 3.8) is 0 Å². The zero-order valence-corrected chi connectivity index (χ0v) is 5.52. The van der Waals surface area contributed by atoms with Crippen molar-refractivity contribution in [3.8, 4) is 0 Å². The SMILES string of the molecule is COCC1CCC(=O)N1.[HH]. The van der Waals surface area contributed by atoms with Gasteiger partial charge in [-0.2, -0.15) is 0 Å². The Bertz CT molecular complexity index is 118. The second-order valence-corrected chi connectivity index (χ2v) is 2.26. The summed E-state index contributed by atoms with van der Waals surface area (Å²) in [4.78, 5) is 10.6. The van der Waals surface area contributed by atoms with Crippen LogP contribution in [0.1, 0.15) is 14.3 Å². The quantitative estimate of drug-likeness (QED) is 0.579. The predicted molar refractivity (Wildman–Crippen MR) is 35.2 cm³/mol. The molecule has 1 heterocycles. The zero-order valence-electron chi connectivity index (χ0n) is 5.52. The standard InChI is InChI=1S/C6H11NO2.H2/c1-9-4-5-2-3-6(8)7-5;/h5H,2-4H2,1H3,(H,7,8);1H. The Hall–Kier alpha value is -0.570. The molecule has 0 radical (unpaired) electrons. The van der Waals surface area contributed by atoms with Gasteiger partial charge in [0.2, 0.25) is 5.91 Å². The van der Waals surface area contributed by atoms with Crippen molar-refractivity contribution < 1.29 is 11.0 Å². The summed E-state index contributed by atoms with van der Waals surface area (Å²) in [6, 6.07) is 0.266. The minimum Gasteiger partial charge on any atom is -0.383 e. The van der Waals surface area contributed by atoms with Gasteiger partial charge in [-0.3, -0.25) is 4.79 Å². The molecule has 3 heteroatoms. The average molecular weight is 131 g/mol. The molecule has 1 atom stereocenters. The molecular formula is C6H13NO2. The van der Waals surface area contributed by atoms with Crippen molar-refractivity contribution >= 4 is 5.91 Å². The maximum absolute atomic E-state index is 10.6. The monoisotopic (exact) mass is 131 g/mol. The molecule has 0 aromatic heterocycles. The van der Waals surface area contributed by atoms with Crippen molar-refractivity contribution in [1.82, 2.24) is 5.32 Å². The van der Waals surface area contributed by atoms with Gasteiger partial charge in [-0.05, 0) is 6.42 Å². The highest BCUT2D eigenvalue weighted by atomic mass is 16.5.